The fourth-order valence-electron chi connectivity index (χ4n) is 3.38. The Balaban J connectivity index is 1.38. The molecular weight excluding hydrogens is 466 g/mol. The highest BCUT2D eigenvalue weighted by Gasteiger charge is 2.14. The van der Waals surface area contributed by atoms with Crippen molar-refractivity contribution < 1.29 is 14.1 Å². The zero-order valence-corrected chi connectivity index (χ0v) is 18.5. The summed E-state index contributed by atoms with van der Waals surface area (Å²) in [5.74, 6) is 6.86. The molecule has 3 aromatic rings. The van der Waals surface area contributed by atoms with Gasteiger partial charge in [-0.15, -0.1) is 0 Å². The number of esters is 1. The molecule has 1 fully saturated rings. The molecule has 152 valence electrons. The molecule has 0 aliphatic heterocycles. The lowest BCUT2D eigenvalue weighted by molar-refractivity contribution is 0.0437. The molecule has 0 spiro atoms. The van der Waals surface area contributed by atoms with E-state index in [2.05, 4.69) is 32.9 Å². The SMILES string of the molecule is O=C(OCc1cc(-c2cccc(Br)c2)no1)c1ccc(C#CC2CCCC2)c(Cl)c1. The van der Waals surface area contributed by atoms with E-state index in [1.54, 1.807) is 24.3 Å². The average molecular weight is 485 g/mol. The molecule has 6 heteroatoms. The fourth-order valence-corrected chi connectivity index (χ4v) is 4.01. The predicted octanol–water partition coefficient (Wildman–Crippen LogP) is 6.66. The van der Waals surface area contributed by atoms with Crippen LogP contribution >= 0.6 is 27.5 Å². The minimum absolute atomic E-state index is 0.0132. The van der Waals surface area contributed by atoms with Crippen LogP contribution in [-0.2, 0) is 11.3 Å². The van der Waals surface area contributed by atoms with E-state index in [0.717, 1.165) is 28.4 Å². The van der Waals surface area contributed by atoms with Crippen molar-refractivity contribution in [3.63, 3.8) is 0 Å². The predicted molar refractivity (Wildman–Crippen MR) is 119 cm³/mol. The smallest absolute Gasteiger partial charge is 0.338 e. The van der Waals surface area contributed by atoms with Crippen molar-refractivity contribution in [3.05, 3.63) is 74.9 Å². The van der Waals surface area contributed by atoms with Crippen molar-refractivity contribution in [3.8, 4) is 23.1 Å². The second kappa shape index (κ2) is 9.51. The third-order valence-corrected chi connectivity index (χ3v) is 5.80. The van der Waals surface area contributed by atoms with Crippen molar-refractivity contribution >= 4 is 33.5 Å². The fraction of sp³-hybridized carbons (Fsp3) is 0.250. The van der Waals surface area contributed by atoms with Crippen molar-refractivity contribution in [2.45, 2.75) is 32.3 Å². The third-order valence-electron chi connectivity index (χ3n) is 5.00. The maximum atomic E-state index is 12.4. The Morgan fingerprint density at radius 3 is 2.80 bits per heavy atom. The van der Waals surface area contributed by atoms with E-state index in [9.17, 15) is 4.79 Å². The number of hydrogen-bond donors (Lipinski definition) is 0. The molecule has 4 nitrogen and oxygen atoms in total. The van der Waals surface area contributed by atoms with E-state index < -0.39 is 5.97 Å². The quantitative estimate of drug-likeness (QED) is 0.307. The Morgan fingerprint density at radius 2 is 2.03 bits per heavy atom. The van der Waals surface area contributed by atoms with Gasteiger partial charge in [-0.25, -0.2) is 4.79 Å². The van der Waals surface area contributed by atoms with Gasteiger partial charge in [0, 0.05) is 27.6 Å². The number of aromatic nitrogens is 1. The lowest BCUT2D eigenvalue weighted by Gasteiger charge is -2.04. The van der Waals surface area contributed by atoms with Crippen LogP contribution in [0.3, 0.4) is 0 Å². The third kappa shape index (κ3) is 5.13. The summed E-state index contributed by atoms with van der Waals surface area (Å²) in [5, 5.41) is 4.48. The Morgan fingerprint density at radius 1 is 1.20 bits per heavy atom. The number of rotatable bonds is 4. The van der Waals surface area contributed by atoms with Crippen molar-refractivity contribution in [2.24, 2.45) is 5.92 Å². The first-order valence-electron chi connectivity index (χ1n) is 9.78. The molecule has 30 heavy (non-hydrogen) atoms. The first-order chi connectivity index (χ1) is 14.6. The normalized spacial score (nSPS) is 13.7. The minimum atomic E-state index is -0.479. The Hall–Kier alpha value is -2.55. The van der Waals surface area contributed by atoms with Crippen LogP contribution in [0.5, 0.6) is 0 Å². The molecule has 0 amide bonds. The van der Waals surface area contributed by atoms with Crippen LogP contribution in [-0.4, -0.2) is 11.1 Å². The first kappa shape index (κ1) is 20.7. The van der Waals surface area contributed by atoms with Crippen LogP contribution in [0.2, 0.25) is 5.02 Å². The first-order valence-corrected chi connectivity index (χ1v) is 11.0. The highest BCUT2D eigenvalue weighted by atomic mass is 79.9. The molecule has 0 saturated heterocycles. The van der Waals surface area contributed by atoms with E-state index in [1.807, 2.05) is 24.3 Å². The summed E-state index contributed by atoms with van der Waals surface area (Å²) in [7, 11) is 0. The van der Waals surface area contributed by atoms with Crippen LogP contribution in [0, 0.1) is 17.8 Å². The van der Waals surface area contributed by atoms with Crippen molar-refractivity contribution in [1.82, 2.24) is 5.16 Å². The van der Waals surface area contributed by atoms with E-state index in [1.165, 1.54) is 12.8 Å². The van der Waals surface area contributed by atoms with Crippen LogP contribution in [0.1, 0.15) is 47.4 Å². The van der Waals surface area contributed by atoms with Crippen LogP contribution in [0.15, 0.2) is 57.5 Å². The number of hydrogen-bond acceptors (Lipinski definition) is 4. The van der Waals surface area contributed by atoms with Crippen molar-refractivity contribution in [1.29, 1.82) is 0 Å². The Labute approximate surface area is 188 Å². The van der Waals surface area contributed by atoms with Gasteiger partial charge in [0.2, 0.25) is 0 Å². The van der Waals surface area contributed by atoms with E-state index in [0.29, 0.717) is 28.0 Å². The molecule has 0 N–H and O–H groups in total. The molecule has 1 heterocycles. The van der Waals surface area contributed by atoms with Crippen LogP contribution in [0.25, 0.3) is 11.3 Å². The minimum Gasteiger partial charge on any atom is -0.454 e. The summed E-state index contributed by atoms with van der Waals surface area (Å²) in [6.45, 7) is -0.0132. The van der Waals surface area contributed by atoms with E-state index in [4.69, 9.17) is 20.9 Å². The molecule has 1 saturated carbocycles. The monoisotopic (exact) mass is 483 g/mol. The van der Waals surface area contributed by atoms with E-state index >= 15 is 0 Å². The summed E-state index contributed by atoms with van der Waals surface area (Å²) in [4.78, 5) is 12.4. The molecule has 0 radical (unpaired) electrons. The van der Waals surface area contributed by atoms with E-state index in [-0.39, 0.29) is 6.61 Å². The molecule has 0 bridgehead atoms. The van der Waals surface area contributed by atoms with Gasteiger partial charge in [-0.3, -0.25) is 0 Å². The zero-order chi connectivity index (χ0) is 20.9. The molecular formula is C24H19BrClNO3. The highest BCUT2D eigenvalue weighted by molar-refractivity contribution is 9.10. The highest BCUT2D eigenvalue weighted by Crippen LogP contribution is 2.25. The largest absolute Gasteiger partial charge is 0.454 e. The Bertz CT molecular complexity index is 1120. The lowest BCUT2D eigenvalue weighted by atomic mass is 10.1. The summed E-state index contributed by atoms with van der Waals surface area (Å²) < 4.78 is 11.6. The lowest BCUT2D eigenvalue weighted by Crippen LogP contribution is -2.05. The van der Waals surface area contributed by atoms with Crippen LogP contribution in [0.4, 0.5) is 0 Å². The number of carbonyl (C=O) groups is 1. The standard InChI is InChI=1S/C24H19BrClNO3/c25-20-7-3-6-18(12-20)23-14-21(30-27-23)15-29-24(28)19-11-10-17(22(26)13-19)9-8-16-4-1-2-5-16/h3,6-7,10-14,16H,1-2,4-5,15H2. The molecule has 0 atom stereocenters. The second-order valence-corrected chi connectivity index (χ2v) is 8.53. The maximum absolute atomic E-state index is 12.4. The number of ether oxygens (including phenoxy) is 1. The molecule has 1 aromatic heterocycles. The molecule has 1 aliphatic rings. The van der Waals surface area contributed by atoms with Gasteiger partial charge in [0.25, 0.3) is 0 Å². The number of nitrogens with zero attached hydrogens (tertiary/aromatic N) is 1. The van der Waals surface area contributed by atoms with Gasteiger partial charge in [-0.1, -0.05) is 69.5 Å². The van der Waals surface area contributed by atoms with Gasteiger partial charge < -0.3 is 9.26 Å². The van der Waals surface area contributed by atoms with Gasteiger partial charge in [0.15, 0.2) is 12.4 Å². The summed E-state index contributed by atoms with van der Waals surface area (Å²) >= 11 is 9.75. The molecule has 4 rings (SSSR count). The van der Waals surface area contributed by atoms with Gasteiger partial charge in [0.1, 0.15) is 5.69 Å². The summed E-state index contributed by atoms with van der Waals surface area (Å²) in [6, 6.07) is 14.5. The van der Waals surface area contributed by atoms with Crippen molar-refractivity contribution in [2.75, 3.05) is 0 Å². The molecule has 1 aliphatic carbocycles. The Kier molecular flexibility index (Phi) is 6.56. The molecule has 2 aromatic carbocycles. The molecule has 0 unspecified atom stereocenters. The van der Waals surface area contributed by atoms with Gasteiger partial charge in [-0.2, -0.15) is 0 Å². The number of halogens is 2. The summed E-state index contributed by atoms with van der Waals surface area (Å²) in [6.07, 6.45) is 4.79. The van der Waals surface area contributed by atoms with Gasteiger partial charge in [0.05, 0.1) is 10.6 Å². The summed E-state index contributed by atoms with van der Waals surface area (Å²) in [5.41, 5.74) is 2.69. The topological polar surface area (TPSA) is 52.3 Å². The second-order valence-electron chi connectivity index (χ2n) is 7.21. The number of benzene rings is 2. The average Bonchev–Trinajstić information content (AvgIpc) is 3.43. The van der Waals surface area contributed by atoms with Crippen LogP contribution < -0.4 is 0 Å². The van der Waals surface area contributed by atoms with Gasteiger partial charge in [-0.05, 0) is 43.2 Å². The maximum Gasteiger partial charge on any atom is 0.338 e. The number of carbonyl (C=O) groups excluding carboxylic acids is 1. The van der Waals surface area contributed by atoms with Gasteiger partial charge >= 0.3 is 5.97 Å². The zero-order valence-electron chi connectivity index (χ0n) is 16.2.